The highest BCUT2D eigenvalue weighted by Crippen LogP contribution is 2.20. The Kier molecular flexibility index (Phi) is 7.75. The predicted molar refractivity (Wildman–Crippen MR) is 76.0 cm³/mol. The third-order valence-electron chi connectivity index (χ3n) is 2.51. The van der Waals surface area contributed by atoms with Crippen molar-refractivity contribution in [3.63, 3.8) is 0 Å². The highest BCUT2D eigenvalue weighted by molar-refractivity contribution is 8.01. The van der Waals surface area contributed by atoms with Crippen LogP contribution < -0.4 is 5.32 Å². The summed E-state index contributed by atoms with van der Waals surface area (Å²) in [5, 5.41) is 12.6. The van der Waals surface area contributed by atoms with Gasteiger partial charge in [-0.05, 0) is 20.0 Å². The molecule has 0 bridgehead atoms. The van der Waals surface area contributed by atoms with Gasteiger partial charge in [0.1, 0.15) is 5.01 Å². The van der Waals surface area contributed by atoms with E-state index in [-0.39, 0.29) is 0 Å². The number of rotatable bonds is 9. The van der Waals surface area contributed by atoms with Crippen LogP contribution in [0.5, 0.6) is 0 Å². The Labute approximate surface area is 112 Å². The SMILES string of the molecule is CCN(CC)CCNCCSc1nnc(C)s1. The van der Waals surface area contributed by atoms with E-state index in [1.807, 2.05) is 6.92 Å². The molecule has 0 aliphatic heterocycles. The molecular formula is C11H22N4S2. The average molecular weight is 274 g/mol. The van der Waals surface area contributed by atoms with Crippen LogP contribution in [0.15, 0.2) is 4.34 Å². The molecule has 0 radical (unpaired) electrons. The first-order chi connectivity index (χ1) is 8.26. The minimum Gasteiger partial charge on any atom is -0.315 e. The first-order valence-electron chi connectivity index (χ1n) is 6.12. The highest BCUT2D eigenvalue weighted by atomic mass is 32.2. The van der Waals surface area contributed by atoms with Crippen LogP contribution in [-0.2, 0) is 0 Å². The summed E-state index contributed by atoms with van der Waals surface area (Å²) >= 11 is 3.45. The lowest BCUT2D eigenvalue weighted by molar-refractivity contribution is 0.303. The Bertz CT molecular complexity index is 299. The quantitative estimate of drug-likeness (QED) is 0.550. The molecule has 1 N–H and O–H groups in total. The van der Waals surface area contributed by atoms with E-state index in [1.165, 1.54) is 0 Å². The molecule has 1 aromatic rings. The van der Waals surface area contributed by atoms with Gasteiger partial charge in [-0.3, -0.25) is 0 Å². The Morgan fingerprint density at radius 2 is 2.00 bits per heavy atom. The van der Waals surface area contributed by atoms with Gasteiger partial charge in [0.05, 0.1) is 0 Å². The molecule has 0 fully saturated rings. The summed E-state index contributed by atoms with van der Waals surface area (Å²) in [5.74, 6) is 1.06. The van der Waals surface area contributed by atoms with Crippen molar-refractivity contribution in [1.82, 2.24) is 20.4 Å². The summed E-state index contributed by atoms with van der Waals surface area (Å²) in [6.07, 6.45) is 0. The number of hydrogen-bond donors (Lipinski definition) is 1. The van der Waals surface area contributed by atoms with Crippen LogP contribution in [0.1, 0.15) is 18.9 Å². The molecule has 0 saturated carbocycles. The number of nitrogens with zero attached hydrogens (tertiary/aromatic N) is 3. The average Bonchev–Trinajstić information content (AvgIpc) is 2.74. The molecule has 0 aromatic carbocycles. The van der Waals surface area contributed by atoms with Crippen LogP contribution in [0, 0.1) is 6.92 Å². The fourth-order valence-corrected chi connectivity index (χ4v) is 3.23. The second-order valence-electron chi connectivity index (χ2n) is 3.71. The fourth-order valence-electron chi connectivity index (χ4n) is 1.45. The topological polar surface area (TPSA) is 41.0 Å². The second kappa shape index (κ2) is 8.85. The fraction of sp³-hybridized carbons (Fsp3) is 0.818. The van der Waals surface area contributed by atoms with Crippen molar-refractivity contribution in [3.8, 4) is 0 Å². The molecule has 0 unspecified atom stereocenters. The zero-order valence-corrected chi connectivity index (χ0v) is 12.5. The van der Waals surface area contributed by atoms with Crippen molar-refractivity contribution >= 4 is 23.1 Å². The van der Waals surface area contributed by atoms with Crippen LogP contribution in [0.3, 0.4) is 0 Å². The van der Waals surface area contributed by atoms with Gasteiger partial charge in [-0.1, -0.05) is 36.9 Å². The maximum absolute atomic E-state index is 4.08. The van der Waals surface area contributed by atoms with Crippen LogP contribution in [0.2, 0.25) is 0 Å². The summed E-state index contributed by atoms with van der Waals surface area (Å²) in [4.78, 5) is 2.42. The largest absolute Gasteiger partial charge is 0.315 e. The molecule has 0 aliphatic carbocycles. The number of hydrogen-bond acceptors (Lipinski definition) is 6. The molecule has 0 amide bonds. The van der Waals surface area contributed by atoms with Crippen molar-refractivity contribution in [2.24, 2.45) is 0 Å². The summed E-state index contributed by atoms with van der Waals surface area (Å²) in [5.41, 5.74) is 0. The lowest BCUT2D eigenvalue weighted by Crippen LogP contribution is -2.32. The van der Waals surface area contributed by atoms with Crippen molar-refractivity contribution in [1.29, 1.82) is 0 Å². The van der Waals surface area contributed by atoms with Gasteiger partial charge >= 0.3 is 0 Å². The zero-order chi connectivity index (χ0) is 12.5. The van der Waals surface area contributed by atoms with Crippen molar-refractivity contribution < 1.29 is 0 Å². The van der Waals surface area contributed by atoms with Gasteiger partial charge in [-0.15, -0.1) is 10.2 Å². The van der Waals surface area contributed by atoms with Gasteiger partial charge in [0, 0.05) is 25.4 Å². The summed E-state index contributed by atoms with van der Waals surface area (Å²) in [7, 11) is 0. The first kappa shape index (κ1) is 14.9. The number of aromatic nitrogens is 2. The van der Waals surface area contributed by atoms with E-state index >= 15 is 0 Å². The number of aryl methyl sites for hydroxylation is 1. The summed E-state index contributed by atoms with van der Waals surface area (Å²) in [6, 6.07) is 0. The van der Waals surface area contributed by atoms with E-state index in [9.17, 15) is 0 Å². The predicted octanol–water partition coefficient (Wildman–Crippen LogP) is 1.87. The smallest absolute Gasteiger partial charge is 0.174 e. The van der Waals surface area contributed by atoms with Gasteiger partial charge in [0.2, 0.25) is 0 Å². The summed E-state index contributed by atoms with van der Waals surface area (Å²) < 4.78 is 1.08. The van der Waals surface area contributed by atoms with Crippen LogP contribution in [0.4, 0.5) is 0 Å². The van der Waals surface area contributed by atoms with Gasteiger partial charge in [0.15, 0.2) is 4.34 Å². The molecule has 1 rings (SSSR count). The minimum absolute atomic E-state index is 1.03. The first-order valence-corrected chi connectivity index (χ1v) is 7.92. The van der Waals surface area contributed by atoms with Crippen LogP contribution >= 0.6 is 23.1 Å². The second-order valence-corrected chi connectivity index (χ2v) is 6.24. The molecular weight excluding hydrogens is 252 g/mol. The lowest BCUT2D eigenvalue weighted by Gasteiger charge is -2.17. The Morgan fingerprint density at radius 3 is 2.59 bits per heavy atom. The third-order valence-corrected chi connectivity index (χ3v) is 4.48. The zero-order valence-electron chi connectivity index (χ0n) is 10.9. The number of nitrogens with one attached hydrogen (secondary N) is 1. The Morgan fingerprint density at radius 1 is 1.24 bits per heavy atom. The molecule has 6 heteroatoms. The monoisotopic (exact) mass is 274 g/mol. The minimum atomic E-state index is 1.03. The standard InChI is InChI=1S/C11H22N4S2/c1-4-15(5-2)8-6-12-7-9-16-11-14-13-10(3)17-11/h12H,4-9H2,1-3H3. The number of thioether (sulfide) groups is 1. The maximum atomic E-state index is 4.08. The normalized spacial score (nSPS) is 11.3. The molecule has 4 nitrogen and oxygen atoms in total. The molecule has 0 saturated heterocycles. The molecule has 0 aliphatic rings. The number of likely N-dealkylation sites (N-methyl/N-ethyl adjacent to an activating group) is 1. The van der Waals surface area contributed by atoms with E-state index in [0.29, 0.717) is 0 Å². The third kappa shape index (κ3) is 6.35. The molecule has 98 valence electrons. The molecule has 1 heterocycles. The Balaban J connectivity index is 1.97. The lowest BCUT2D eigenvalue weighted by atomic mass is 10.4. The van der Waals surface area contributed by atoms with Crippen LogP contribution in [0.25, 0.3) is 0 Å². The summed E-state index contributed by atoms with van der Waals surface area (Å²) in [6.45, 7) is 11.9. The van der Waals surface area contributed by atoms with Crippen molar-refractivity contribution in [3.05, 3.63) is 5.01 Å². The van der Waals surface area contributed by atoms with Gasteiger partial charge in [0.25, 0.3) is 0 Å². The van der Waals surface area contributed by atoms with Crippen molar-refractivity contribution in [2.45, 2.75) is 25.1 Å². The molecule has 0 spiro atoms. The van der Waals surface area contributed by atoms with Gasteiger partial charge in [-0.2, -0.15) is 0 Å². The van der Waals surface area contributed by atoms with E-state index < -0.39 is 0 Å². The van der Waals surface area contributed by atoms with E-state index in [0.717, 1.165) is 47.8 Å². The maximum Gasteiger partial charge on any atom is 0.174 e. The van der Waals surface area contributed by atoms with Gasteiger partial charge < -0.3 is 10.2 Å². The van der Waals surface area contributed by atoms with E-state index in [4.69, 9.17) is 0 Å². The van der Waals surface area contributed by atoms with Gasteiger partial charge in [-0.25, -0.2) is 0 Å². The molecule has 1 aromatic heterocycles. The van der Waals surface area contributed by atoms with Crippen LogP contribution in [-0.4, -0.2) is 53.6 Å². The Hall–Kier alpha value is -0.170. The highest BCUT2D eigenvalue weighted by Gasteiger charge is 2.01. The molecule has 17 heavy (non-hydrogen) atoms. The van der Waals surface area contributed by atoms with E-state index in [1.54, 1.807) is 23.1 Å². The molecule has 0 atom stereocenters. The van der Waals surface area contributed by atoms with E-state index in [2.05, 4.69) is 34.3 Å². The van der Waals surface area contributed by atoms with Crippen molar-refractivity contribution in [2.75, 3.05) is 38.5 Å².